The zero-order valence-electron chi connectivity index (χ0n) is 11.6. The summed E-state index contributed by atoms with van der Waals surface area (Å²) in [4.78, 5) is 18.5. The first kappa shape index (κ1) is 13.4. The highest BCUT2D eigenvalue weighted by Gasteiger charge is 2.24. The van der Waals surface area contributed by atoms with Gasteiger partial charge in [-0.3, -0.25) is 4.90 Å². The summed E-state index contributed by atoms with van der Waals surface area (Å²) in [5, 5.41) is 12.1. The number of nitrogens with zero attached hydrogens (tertiary/aromatic N) is 2. The molecule has 0 radical (unpaired) electrons. The predicted molar refractivity (Wildman–Crippen MR) is 82.3 cm³/mol. The molecule has 21 heavy (non-hydrogen) atoms. The van der Waals surface area contributed by atoms with Gasteiger partial charge in [-0.15, -0.1) is 0 Å². The van der Waals surface area contributed by atoms with Crippen molar-refractivity contribution in [2.45, 2.75) is 19.3 Å². The molecule has 2 N–H and O–H groups in total. The number of benzene rings is 1. The Balaban J connectivity index is 1.79. The number of amides is 2. The molecule has 5 heteroatoms. The Labute approximate surface area is 123 Å². The van der Waals surface area contributed by atoms with Gasteiger partial charge in [-0.05, 0) is 55.2 Å². The van der Waals surface area contributed by atoms with Crippen molar-refractivity contribution in [3.05, 3.63) is 47.8 Å². The molecule has 1 aromatic carbocycles. The van der Waals surface area contributed by atoms with Gasteiger partial charge in [0, 0.05) is 18.4 Å². The highest BCUT2D eigenvalue weighted by Crippen LogP contribution is 2.28. The Morgan fingerprint density at radius 2 is 2.10 bits per heavy atom. The molecular formula is C16H17N3O2. The van der Waals surface area contributed by atoms with Crippen LogP contribution in [0.3, 0.4) is 0 Å². The Morgan fingerprint density at radius 3 is 2.90 bits per heavy atom. The van der Waals surface area contributed by atoms with E-state index in [2.05, 4.69) is 16.4 Å². The second kappa shape index (κ2) is 5.83. The third kappa shape index (κ3) is 2.97. The van der Waals surface area contributed by atoms with Crippen LogP contribution in [0.25, 0.3) is 0 Å². The standard InChI is InChI=1S/C16H17N3O2/c20-14-8-6-13(7-9-14)18-16(21)19-11-3-5-12-4-1-2-10-17-15(12)19/h1-2,6-10,20H,3-5,11H2,(H,18,21). The van der Waals surface area contributed by atoms with Crippen molar-refractivity contribution in [3.8, 4) is 5.75 Å². The van der Waals surface area contributed by atoms with Crippen LogP contribution in [0.1, 0.15) is 19.3 Å². The van der Waals surface area contributed by atoms with Crippen molar-refractivity contribution in [3.63, 3.8) is 0 Å². The average molecular weight is 283 g/mol. The van der Waals surface area contributed by atoms with Crippen LogP contribution in [0.5, 0.6) is 5.75 Å². The topological polar surface area (TPSA) is 64.9 Å². The van der Waals surface area contributed by atoms with Gasteiger partial charge in [-0.2, -0.15) is 0 Å². The molecule has 5 nitrogen and oxygen atoms in total. The lowest BCUT2D eigenvalue weighted by Gasteiger charge is -2.29. The van der Waals surface area contributed by atoms with Crippen LogP contribution in [0, 0.1) is 0 Å². The number of phenols is 1. The Morgan fingerprint density at radius 1 is 1.29 bits per heavy atom. The second-order valence-electron chi connectivity index (χ2n) is 5.07. The number of aromatic hydroxyl groups is 1. The van der Waals surface area contributed by atoms with Gasteiger partial charge < -0.3 is 10.4 Å². The third-order valence-electron chi connectivity index (χ3n) is 3.58. The molecule has 0 saturated heterocycles. The van der Waals surface area contributed by atoms with Gasteiger partial charge in [0.2, 0.25) is 0 Å². The fourth-order valence-electron chi connectivity index (χ4n) is 2.53. The van der Waals surface area contributed by atoms with E-state index in [0.29, 0.717) is 12.2 Å². The first-order valence-electron chi connectivity index (χ1n) is 7.03. The molecule has 0 fully saturated rings. The summed E-state index contributed by atoms with van der Waals surface area (Å²) in [5.41, 5.74) is 1.85. The zero-order valence-corrected chi connectivity index (χ0v) is 11.6. The van der Waals surface area contributed by atoms with Crippen LogP contribution in [0.2, 0.25) is 0 Å². The summed E-state index contributed by atoms with van der Waals surface area (Å²) in [6.07, 6.45) is 8.49. The number of urea groups is 1. The summed E-state index contributed by atoms with van der Waals surface area (Å²) in [6, 6.07) is 6.25. The molecule has 1 aromatic rings. The Kier molecular flexibility index (Phi) is 3.73. The van der Waals surface area contributed by atoms with Crippen LogP contribution in [0.15, 0.2) is 52.8 Å². The van der Waals surface area contributed by atoms with Gasteiger partial charge in [0.1, 0.15) is 11.6 Å². The van der Waals surface area contributed by atoms with Gasteiger partial charge in [0.05, 0.1) is 0 Å². The van der Waals surface area contributed by atoms with E-state index in [-0.39, 0.29) is 11.8 Å². The summed E-state index contributed by atoms with van der Waals surface area (Å²) >= 11 is 0. The molecule has 0 aromatic heterocycles. The predicted octanol–water partition coefficient (Wildman–Crippen LogP) is 3.26. The fourth-order valence-corrected chi connectivity index (χ4v) is 2.53. The highest BCUT2D eigenvalue weighted by atomic mass is 16.3. The largest absolute Gasteiger partial charge is 0.508 e. The maximum absolute atomic E-state index is 12.4. The maximum atomic E-state index is 12.4. The van der Waals surface area contributed by atoms with E-state index in [1.54, 1.807) is 35.4 Å². The molecule has 0 spiro atoms. The van der Waals surface area contributed by atoms with Crippen molar-refractivity contribution in [1.82, 2.24) is 4.90 Å². The van der Waals surface area contributed by atoms with Crippen molar-refractivity contribution in [2.75, 3.05) is 11.9 Å². The molecule has 3 rings (SSSR count). The molecule has 2 amide bonds. The highest BCUT2D eigenvalue weighted by molar-refractivity contribution is 5.91. The first-order valence-corrected chi connectivity index (χ1v) is 7.03. The molecule has 0 atom stereocenters. The lowest BCUT2D eigenvalue weighted by atomic mass is 10.0. The van der Waals surface area contributed by atoms with Crippen molar-refractivity contribution in [1.29, 1.82) is 0 Å². The number of anilines is 1. The summed E-state index contributed by atoms with van der Waals surface area (Å²) in [7, 11) is 0. The van der Waals surface area contributed by atoms with Crippen LogP contribution < -0.4 is 5.32 Å². The fraction of sp³-hybridized carbons (Fsp3) is 0.250. The van der Waals surface area contributed by atoms with E-state index >= 15 is 0 Å². The number of carbonyl (C=O) groups is 1. The minimum Gasteiger partial charge on any atom is -0.508 e. The van der Waals surface area contributed by atoms with Crippen LogP contribution >= 0.6 is 0 Å². The van der Waals surface area contributed by atoms with Gasteiger partial charge in [0.25, 0.3) is 0 Å². The molecular weight excluding hydrogens is 266 g/mol. The van der Waals surface area contributed by atoms with E-state index in [1.165, 1.54) is 5.57 Å². The number of aliphatic imine (C=N–C) groups is 1. The van der Waals surface area contributed by atoms with Gasteiger partial charge in [-0.1, -0.05) is 6.08 Å². The van der Waals surface area contributed by atoms with Crippen LogP contribution in [-0.2, 0) is 0 Å². The first-order chi connectivity index (χ1) is 10.2. The van der Waals surface area contributed by atoms with Gasteiger partial charge >= 0.3 is 6.03 Å². The summed E-state index contributed by atoms with van der Waals surface area (Å²) < 4.78 is 0. The number of hydrogen-bond acceptors (Lipinski definition) is 3. The SMILES string of the molecule is O=C(Nc1ccc(O)cc1)N1CCCC2=C1N=CC=CC2. The Bertz CT molecular complexity index is 629. The minimum atomic E-state index is -0.188. The third-order valence-corrected chi connectivity index (χ3v) is 3.58. The average Bonchev–Trinajstić information content (AvgIpc) is 2.74. The van der Waals surface area contributed by atoms with E-state index in [1.807, 2.05) is 6.08 Å². The normalized spacial score (nSPS) is 17.4. The van der Waals surface area contributed by atoms with Crippen molar-refractivity contribution >= 4 is 17.9 Å². The second-order valence-corrected chi connectivity index (χ2v) is 5.07. The maximum Gasteiger partial charge on any atom is 0.327 e. The van der Waals surface area contributed by atoms with Gasteiger partial charge in [-0.25, -0.2) is 9.79 Å². The number of nitrogens with one attached hydrogen (secondary N) is 1. The molecule has 2 aliphatic heterocycles. The summed E-state index contributed by atoms with van der Waals surface area (Å²) in [6.45, 7) is 0.667. The van der Waals surface area contributed by atoms with Crippen molar-refractivity contribution in [2.24, 2.45) is 4.99 Å². The minimum absolute atomic E-state index is 0.176. The molecule has 108 valence electrons. The quantitative estimate of drug-likeness (QED) is 0.777. The lowest BCUT2D eigenvalue weighted by molar-refractivity contribution is 0.220. The van der Waals surface area contributed by atoms with Crippen molar-refractivity contribution < 1.29 is 9.90 Å². The summed E-state index contributed by atoms with van der Waals surface area (Å²) in [5.74, 6) is 0.943. The lowest BCUT2D eigenvalue weighted by Crippen LogP contribution is -2.37. The van der Waals surface area contributed by atoms with Gasteiger partial charge in [0.15, 0.2) is 0 Å². The molecule has 0 unspecified atom stereocenters. The number of hydrogen-bond donors (Lipinski definition) is 2. The van der Waals surface area contributed by atoms with E-state index in [0.717, 1.165) is 25.1 Å². The molecule has 0 saturated carbocycles. The molecule has 0 bridgehead atoms. The van der Waals surface area contributed by atoms with Crippen LogP contribution in [0.4, 0.5) is 10.5 Å². The number of rotatable bonds is 1. The van der Waals surface area contributed by atoms with E-state index in [9.17, 15) is 9.90 Å². The number of carbonyl (C=O) groups excluding carboxylic acids is 1. The monoisotopic (exact) mass is 283 g/mol. The Hall–Kier alpha value is -2.56. The van der Waals surface area contributed by atoms with Crippen LogP contribution in [-0.4, -0.2) is 28.8 Å². The zero-order chi connectivity index (χ0) is 14.7. The molecule has 2 heterocycles. The molecule has 2 aliphatic rings. The van der Waals surface area contributed by atoms with E-state index in [4.69, 9.17) is 0 Å². The number of allylic oxidation sites excluding steroid dienone is 3. The smallest absolute Gasteiger partial charge is 0.327 e. The number of phenolic OH excluding ortho intramolecular Hbond substituents is 1. The van der Waals surface area contributed by atoms with E-state index < -0.39 is 0 Å². The molecule has 0 aliphatic carbocycles.